The Morgan fingerprint density at radius 2 is 1.96 bits per heavy atom. The summed E-state index contributed by atoms with van der Waals surface area (Å²) in [6, 6.07) is 14.9. The van der Waals surface area contributed by atoms with Crippen molar-refractivity contribution in [2.24, 2.45) is 0 Å². The number of nitrogens with zero attached hydrogens (tertiary/aromatic N) is 1. The molecule has 0 bridgehead atoms. The van der Waals surface area contributed by atoms with Crippen molar-refractivity contribution < 1.29 is 13.2 Å². The van der Waals surface area contributed by atoms with E-state index in [1.54, 1.807) is 24.3 Å². The Labute approximate surface area is 144 Å². The lowest BCUT2D eigenvalue weighted by molar-refractivity contribution is -0.115. The minimum absolute atomic E-state index is 0.0260. The highest BCUT2D eigenvalue weighted by molar-refractivity contribution is 7.98. The Kier molecular flexibility index (Phi) is 5.98. The molecule has 2 N–H and O–H groups in total. The summed E-state index contributed by atoms with van der Waals surface area (Å²) in [7, 11) is -3.94. The van der Waals surface area contributed by atoms with Gasteiger partial charge in [-0.3, -0.25) is 4.79 Å². The number of thioether (sulfide) groups is 1. The lowest BCUT2D eigenvalue weighted by Crippen LogP contribution is -2.33. The molecule has 0 atom stereocenters. The van der Waals surface area contributed by atoms with Crippen LogP contribution in [0.3, 0.4) is 0 Å². The first kappa shape index (κ1) is 18.0. The first-order valence-corrected chi connectivity index (χ1v) is 9.60. The molecule has 0 unspecified atom stereocenters. The number of hydrogen-bond donors (Lipinski definition) is 2. The minimum atomic E-state index is -3.94. The molecule has 1 amide bonds. The Bertz CT molecular complexity index is 889. The van der Waals surface area contributed by atoms with Crippen LogP contribution in [-0.2, 0) is 14.8 Å². The van der Waals surface area contributed by atoms with Crippen LogP contribution >= 0.6 is 11.8 Å². The second-order valence-electron chi connectivity index (χ2n) is 4.71. The van der Waals surface area contributed by atoms with Crippen molar-refractivity contribution in [3.8, 4) is 6.07 Å². The van der Waals surface area contributed by atoms with Gasteiger partial charge >= 0.3 is 0 Å². The van der Waals surface area contributed by atoms with Gasteiger partial charge in [0.05, 0.1) is 17.0 Å². The SMILES string of the molecule is CSc1cccc(NC(=O)CNS(=O)(=O)c2ccccc2C#N)c1. The third-order valence-electron chi connectivity index (χ3n) is 3.07. The molecule has 0 spiro atoms. The number of rotatable bonds is 6. The summed E-state index contributed by atoms with van der Waals surface area (Å²) in [5, 5.41) is 11.6. The van der Waals surface area contributed by atoms with Crippen molar-refractivity contribution >= 4 is 33.4 Å². The summed E-state index contributed by atoms with van der Waals surface area (Å²) in [6.45, 7) is -0.425. The number of sulfonamides is 1. The third-order valence-corrected chi connectivity index (χ3v) is 5.26. The summed E-state index contributed by atoms with van der Waals surface area (Å²) in [6.07, 6.45) is 1.92. The number of anilines is 1. The van der Waals surface area contributed by atoms with E-state index in [0.29, 0.717) is 5.69 Å². The highest BCUT2D eigenvalue weighted by Crippen LogP contribution is 2.19. The molecule has 0 aliphatic rings. The van der Waals surface area contributed by atoms with Gasteiger partial charge in [-0.2, -0.15) is 5.26 Å². The summed E-state index contributed by atoms with van der Waals surface area (Å²) in [4.78, 5) is 12.8. The second-order valence-corrected chi connectivity index (χ2v) is 7.33. The number of amides is 1. The van der Waals surface area contributed by atoms with Gasteiger partial charge in [-0.05, 0) is 36.6 Å². The Morgan fingerprint density at radius 1 is 1.21 bits per heavy atom. The van der Waals surface area contributed by atoms with Gasteiger partial charge in [-0.25, -0.2) is 13.1 Å². The van der Waals surface area contributed by atoms with Crippen LogP contribution in [0.4, 0.5) is 5.69 Å². The van der Waals surface area contributed by atoms with Gasteiger partial charge in [-0.1, -0.05) is 18.2 Å². The van der Waals surface area contributed by atoms with Crippen LogP contribution in [0.1, 0.15) is 5.56 Å². The van der Waals surface area contributed by atoms with Gasteiger partial charge in [0.15, 0.2) is 0 Å². The highest BCUT2D eigenvalue weighted by Gasteiger charge is 2.19. The van der Waals surface area contributed by atoms with E-state index in [4.69, 9.17) is 5.26 Å². The van der Waals surface area contributed by atoms with E-state index in [1.807, 2.05) is 18.4 Å². The second kappa shape index (κ2) is 7.97. The van der Waals surface area contributed by atoms with Crippen LogP contribution in [0.2, 0.25) is 0 Å². The Balaban J connectivity index is 2.04. The van der Waals surface area contributed by atoms with Crippen LogP contribution in [0, 0.1) is 11.3 Å². The van der Waals surface area contributed by atoms with Crippen LogP contribution in [-0.4, -0.2) is 27.1 Å². The molecule has 0 aliphatic carbocycles. The Hall–Kier alpha value is -2.34. The van der Waals surface area contributed by atoms with Gasteiger partial charge in [-0.15, -0.1) is 11.8 Å². The maximum absolute atomic E-state index is 12.2. The van der Waals surface area contributed by atoms with Crippen molar-refractivity contribution in [3.63, 3.8) is 0 Å². The Morgan fingerprint density at radius 3 is 2.67 bits per heavy atom. The molecule has 0 aromatic heterocycles. The normalized spacial score (nSPS) is 10.8. The van der Waals surface area contributed by atoms with Crippen molar-refractivity contribution in [3.05, 3.63) is 54.1 Å². The van der Waals surface area contributed by atoms with Crippen LogP contribution in [0.5, 0.6) is 0 Å². The molecule has 0 radical (unpaired) electrons. The van der Waals surface area contributed by atoms with Gasteiger partial charge in [0.25, 0.3) is 0 Å². The zero-order valence-corrected chi connectivity index (χ0v) is 14.4. The topological polar surface area (TPSA) is 99.1 Å². The predicted octanol–water partition coefficient (Wildman–Crippen LogP) is 2.20. The number of hydrogen-bond acceptors (Lipinski definition) is 5. The first-order chi connectivity index (χ1) is 11.5. The molecule has 2 rings (SSSR count). The van der Waals surface area contributed by atoms with Crippen molar-refractivity contribution in [2.45, 2.75) is 9.79 Å². The summed E-state index contributed by atoms with van der Waals surface area (Å²) in [5.74, 6) is -0.494. The largest absolute Gasteiger partial charge is 0.325 e. The van der Waals surface area contributed by atoms with E-state index in [0.717, 1.165) is 4.90 Å². The van der Waals surface area contributed by atoms with Crippen LogP contribution < -0.4 is 10.0 Å². The zero-order chi connectivity index (χ0) is 17.6. The fourth-order valence-corrected chi connectivity index (χ4v) is 3.53. The first-order valence-electron chi connectivity index (χ1n) is 6.89. The summed E-state index contributed by atoms with van der Waals surface area (Å²) >= 11 is 1.54. The molecule has 0 heterocycles. The molecule has 8 heteroatoms. The molecule has 0 saturated heterocycles. The summed E-state index contributed by atoms with van der Waals surface area (Å²) in [5.41, 5.74) is 0.613. The maximum atomic E-state index is 12.2. The fourth-order valence-electron chi connectivity index (χ4n) is 1.94. The van der Waals surface area contributed by atoms with E-state index >= 15 is 0 Å². The van der Waals surface area contributed by atoms with E-state index in [-0.39, 0.29) is 10.5 Å². The molecule has 2 aromatic carbocycles. The van der Waals surface area contributed by atoms with Gasteiger partial charge < -0.3 is 5.32 Å². The fraction of sp³-hybridized carbons (Fsp3) is 0.125. The average molecular weight is 361 g/mol. The number of benzene rings is 2. The number of nitrogens with one attached hydrogen (secondary N) is 2. The quantitative estimate of drug-likeness (QED) is 0.769. The monoisotopic (exact) mass is 361 g/mol. The number of nitriles is 1. The van der Waals surface area contributed by atoms with E-state index in [2.05, 4.69) is 10.0 Å². The lowest BCUT2D eigenvalue weighted by atomic mass is 10.2. The molecule has 0 saturated carbocycles. The highest BCUT2D eigenvalue weighted by atomic mass is 32.2. The van der Waals surface area contributed by atoms with Crippen molar-refractivity contribution in [1.29, 1.82) is 5.26 Å². The maximum Gasteiger partial charge on any atom is 0.242 e. The molecule has 6 nitrogen and oxygen atoms in total. The number of carbonyl (C=O) groups excluding carboxylic acids is 1. The van der Waals surface area contributed by atoms with Crippen LogP contribution in [0.25, 0.3) is 0 Å². The van der Waals surface area contributed by atoms with Gasteiger partial charge in [0.2, 0.25) is 15.9 Å². The van der Waals surface area contributed by atoms with Crippen molar-refractivity contribution in [1.82, 2.24) is 4.72 Å². The smallest absolute Gasteiger partial charge is 0.242 e. The number of carbonyl (C=O) groups is 1. The predicted molar refractivity (Wildman–Crippen MR) is 93.2 cm³/mol. The van der Waals surface area contributed by atoms with Crippen molar-refractivity contribution in [2.75, 3.05) is 18.1 Å². The van der Waals surface area contributed by atoms with Gasteiger partial charge in [0, 0.05) is 10.6 Å². The standard InChI is InChI=1S/C16H15N3O3S2/c1-23-14-7-4-6-13(9-14)19-16(20)11-18-24(21,22)15-8-3-2-5-12(15)10-17/h2-9,18H,11H2,1H3,(H,19,20). The minimum Gasteiger partial charge on any atom is -0.325 e. The zero-order valence-electron chi connectivity index (χ0n) is 12.8. The van der Waals surface area contributed by atoms with Crippen LogP contribution in [0.15, 0.2) is 58.3 Å². The van der Waals surface area contributed by atoms with E-state index < -0.39 is 22.5 Å². The molecule has 124 valence electrons. The molecular weight excluding hydrogens is 346 g/mol. The third kappa shape index (κ3) is 4.58. The molecule has 0 fully saturated rings. The average Bonchev–Trinajstić information content (AvgIpc) is 2.60. The molecular formula is C16H15N3O3S2. The van der Waals surface area contributed by atoms with E-state index in [9.17, 15) is 13.2 Å². The van der Waals surface area contributed by atoms with E-state index in [1.165, 1.54) is 30.0 Å². The van der Waals surface area contributed by atoms with Gasteiger partial charge in [0.1, 0.15) is 6.07 Å². The molecule has 2 aromatic rings. The molecule has 0 aliphatic heterocycles. The molecule has 24 heavy (non-hydrogen) atoms. The lowest BCUT2D eigenvalue weighted by Gasteiger charge is -2.09. The summed E-state index contributed by atoms with van der Waals surface area (Å²) < 4.78 is 26.6.